The molecule has 0 aromatic heterocycles. The third kappa shape index (κ3) is 5.46. The Morgan fingerprint density at radius 2 is 1.85 bits per heavy atom. The lowest BCUT2D eigenvalue weighted by Crippen LogP contribution is -2.49. The van der Waals surface area contributed by atoms with E-state index < -0.39 is 12.2 Å². The summed E-state index contributed by atoms with van der Waals surface area (Å²) in [4.78, 5) is 17.0. The third-order valence-electron chi connectivity index (χ3n) is 6.29. The van der Waals surface area contributed by atoms with Gasteiger partial charge in [0, 0.05) is 38.3 Å². The average molecular weight is 471 g/mol. The van der Waals surface area contributed by atoms with E-state index in [2.05, 4.69) is 15.9 Å². The van der Waals surface area contributed by atoms with Gasteiger partial charge in [0.1, 0.15) is 24.6 Å². The van der Waals surface area contributed by atoms with Crippen LogP contribution >= 0.6 is 0 Å². The van der Waals surface area contributed by atoms with Crippen LogP contribution < -0.4 is 19.1 Å². The molecule has 0 spiro atoms. The number of carbonyl (C=O) groups is 1. The van der Waals surface area contributed by atoms with Gasteiger partial charge in [0.2, 0.25) is 0 Å². The normalized spacial score (nSPS) is 19.5. The zero-order valence-corrected chi connectivity index (χ0v) is 20.2. The summed E-state index contributed by atoms with van der Waals surface area (Å²) in [5.41, 5.74) is 2.49. The van der Waals surface area contributed by atoms with Crippen LogP contribution in [0.3, 0.4) is 0 Å². The number of carbonyl (C=O) groups excluding carboxylic acids is 1. The van der Waals surface area contributed by atoms with Crippen molar-refractivity contribution in [3.63, 3.8) is 0 Å². The number of Topliss-reactive ketones (excluding diaryl/α,β-unsaturated/α-hetero) is 1. The van der Waals surface area contributed by atoms with Crippen LogP contribution in [0.25, 0.3) is 0 Å². The largest absolute Gasteiger partial charge is 0.493 e. The second kappa shape index (κ2) is 11.1. The van der Waals surface area contributed by atoms with Crippen molar-refractivity contribution in [2.24, 2.45) is 0 Å². The number of β-amino-alcohol motifs (C(OH)–C–C–N with tert-alkyl or cyclic N) is 1. The Hall–Kier alpha value is -2.81. The molecule has 2 atom stereocenters. The number of ether oxygens (including phenoxy) is 4. The Kier molecular flexibility index (Phi) is 7.92. The molecule has 8 heteroatoms. The van der Waals surface area contributed by atoms with E-state index in [1.165, 1.54) is 0 Å². The fourth-order valence-corrected chi connectivity index (χ4v) is 4.44. The zero-order valence-electron chi connectivity index (χ0n) is 20.2. The summed E-state index contributed by atoms with van der Waals surface area (Å²) in [6, 6.07) is 11.6. The number of methoxy groups -OCH3 is 1. The maximum atomic E-state index is 12.5. The number of hydrogen-bond donors (Lipinski definition) is 1. The van der Waals surface area contributed by atoms with E-state index in [4.69, 9.17) is 18.9 Å². The second-order valence-electron chi connectivity index (χ2n) is 8.63. The summed E-state index contributed by atoms with van der Waals surface area (Å²) in [5.74, 6) is 1.82. The number of anilines is 1. The molecule has 2 heterocycles. The number of nitrogens with zero attached hydrogens (tertiary/aromatic N) is 2. The highest BCUT2D eigenvalue weighted by atomic mass is 16.5. The summed E-state index contributed by atoms with van der Waals surface area (Å²) < 4.78 is 22.6. The molecule has 4 rings (SSSR count). The van der Waals surface area contributed by atoms with Gasteiger partial charge in [-0.3, -0.25) is 9.69 Å². The first-order chi connectivity index (χ1) is 16.5. The summed E-state index contributed by atoms with van der Waals surface area (Å²) in [6.07, 6.45) is -1.14. The van der Waals surface area contributed by atoms with Crippen molar-refractivity contribution in [3.8, 4) is 17.2 Å². The van der Waals surface area contributed by atoms with Gasteiger partial charge in [0.25, 0.3) is 0 Å². The van der Waals surface area contributed by atoms with Crippen molar-refractivity contribution < 1.29 is 28.8 Å². The molecular weight excluding hydrogens is 436 g/mol. The summed E-state index contributed by atoms with van der Waals surface area (Å²) in [5, 5.41) is 10.6. The van der Waals surface area contributed by atoms with Gasteiger partial charge in [0.05, 0.1) is 26.0 Å². The molecule has 2 aromatic rings. The van der Waals surface area contributed by atoms with Gasteiger partial charge < -0.3 is 29.0 Å². The lowest BCUT2D eigenvalue weighted by atomic mass is 9.97. The highest BCUT2D eigenvalue weighted by Gasteiger charge is 2.27. The molecule has 2 unspecified atom stereocenters. The second-order valence-corrected chi connectivity index (χ2v) is 8.63. The lowest BCUT2D eigenvalue weighted by molar-refractivity contribution is 0.0333. The molecule has 1 saturated heterocycles. The van der Waals surface area contributed by atoms with Crippen LogP contribution in [-0.4, -0.2) is 81.0 Å². The molecule has 0 saturated carbocycles. The topological polar surface area (TPSA) is 80.7 Å². The Morgan fingerprint density at radius 3 is 2.59 bits per heavy atom. The van der Waals surface area contributed by atoms with Gasteiger partial charge in [-0.05, 0) is 43.7 Å². The van der Waals surface area contributed by atoms with E-state index in [1.54, 1.807) is 26.2 Å². The quantitative estimate of drug-likeness (QED) is 0.599. The van der Waals surface area contributed by atoms with Crippen LogP contribution in [0.5, 0.6) is 17.2 Å². The smallest absolute Gasteiger partial charge is 0.191 e. The number of fused-ring (bicyclic) bond motifs is 1. The van der Waals surface area contributed by atoms with Gasteiger partial charge in [-0.2, -0.15) is 0 Å². The van der Waals surface area contributed by atoms with Gasteiger partial charge >= 0.3 is 0 Å². The Morgan fingerprint density at radius 1 is 1.09 bits per heavy atom. The molecule has 184 valence electrons. The molecule has 34 heavy (non-hydrogen) atoms. The highest BCUT2D eigenvalue weighted by molar-refractivity contribution is 6.01. The molecule has 8 nitrogen and oxygen atoms in total. The first-order valence-corrected chi connectivity index (χ1v) is 11.9. The molecule has 0 aliphatic carbocycles. The van der Waals surface area contributed by atoms with Crippen LogP contribution in [0.4, 0.5) is 5.69 Å². The van der Waals surface area contributed by atoms with E-state index in [-0.39, 0.29) is 12.4 Å². The number of aliphatic hydroxyl groups is 1. The van der Waals surface area contributed by atoms with E-state index in [9.17, 15) is 9.90 Å². The first kappa shape index (κ1) is 24.3. The fourth-order valence-electron chi connectivity index (χ4n) is 4.44. The van der Waals surface area contributed by atoms with Crippen molar-refractivity contribution in [1.29, 1.82) is 0 Å². The predicted molar refractivity (Wildman–Crippen MR) is 129 cm³/mol. The fraction of sp³-hybridized carbons (Fsp3) is 0.500. The Balaban J connectivity index is 1.31. The van der Waals surface area contributed by atoms with Crippen molar-refractivity contribution in [3.05, 3.63) is 47.5 Å². The van der Waals surface area contributed by atoms with Gasteiger partial charge in [-0.25, -0.2) is 0 Å². The molecule has 0 amide bonds. The molecule has 2 aliphatic rings. The molecular formula is C26H34N2O6. The van der Waals surface area contributed by atoms with Crippen LogP contribution in [0.15, 0.2) is 36.4 Å². The highest BCUT2D eigenvalue weighted by Crippen LogP contribution is 2.34. The molecule has 0 radical (unpaired) electrons. The third-order valence-corrected chi connectivity index (χ3v) is 6.29. The summed E-state index contributed by atoms with van der Waals surface area (Å²) in [6.45, 7) is 8.76. The standard InChI is InChI=1S/C26H34N2O6/c1-4-32-23-8-6-5-7-22(23)28-11-9-27(10-12-28)15-20(29)17-34-25-14-21-19(13-24(25)31-3)16-33-18(2)26(21)30/h5-8,13-14,18,20,29H,4,9-12,15-17H2,1-3H3. The number of rotatable bonds is 9. The van der Waals surface area contributed by atoms with Crippen LogP contribution in [0.2, 0.25) is 0 Å². The van der Waals surface area contributed by atoms with Gasteiger partial charge in [-0.15, -0.1) is 0 Å². The maximum Gasteiger partial charge on any atom is 0.191 e. The average Bonchev–Trinajstić information content (AvgIpc) is 2.86. The van der Waals surface area contributed by atoms with Crippen molar-refractivity contribution >= 4 is 11.5 Å². The SMILES string of the molecule is CCOc1ccccc1N1CCN(CC(O)COc2cc3c(cc2OC)COC(C)C3=O)CC1. The number of ketones is 1. The van der Waals surface area contributed by atoms with Crippen LogP contribution in [0.1, 0.15) is 29.8 Å². The van der Waals surface area contributed by atoms with E-state index >= 15 is 0 Å². The van der Waals surface area contributed by atoms with Crippen LogP contribution in [-0.2, 0) is 11.3 Å². The minimum absolute atomic E-state index is 0.0712. The van der Waals surface area contributed by atoms with E-state index in [0.29, 0.717) is 36.8 Å². The minimum atomic E-state index is -0.666. The number of hydrogen-bond acceptors (Lipinski definition) is 8. The van der Waals surface area contributed by atoms with Gasteiger partial charge in [0.15, 0.2) is 17.3 Å². The molecule has 1 N–H and O–H groups in total. The minimum Gasteiger partial charge on any atom is -0.493 e. The number of piperazine rings is 1. The van der Waals surface area contributed by atoms with E-state index in [0.717, 1.165) is 43.2 Å². The van der Waals surface area contributed by atoms with Crippen LogP contribution in [0, 0.1) is 0 Å². The molecule has 1 fully saturated rings. The van der Waals surface area contributed by atoms with Crippen molar-refractivity contribution in [1.82, 2.24) is 4.90 Å². The van der Waals surface area contributed by atoms with Crippen molar-refractivity contribution in [2.75, 3.05) is 57.9 Å². The lowest BCUT2D eigenvalue weighted by Gasteiger charge is -2.37. The Labute approximate surface area is 201 Å². The number of benzene rings is 2. The summed E-state index contributed by atoms with van der Waals surface area (Å²) >= 11 is 0. The maximum absolute atomic E-state index is 12.5. The predicted octanol–water partition coefficient (Wildman–Crippen LogP) is 2.76. The van der Waals surface area contributed by atoms with E-state index in [1.807, 2.05) is 25.1 Å². The number of para-hydroxylation sites is 2. The zero-order chi connectivity index (χ0) is 24.1. The van der Waals surface area contributed by atoms with Crippen molar-refractivity contribution in [2.45, 2.75) is 32.7 Å². The molecule has 0 bridgehead atoms. The summed E-state index contributed by atoms with van der Waals surface area (Å²) in [7, 11) is 1.56. The monoisotopic (exact) mass is 470 g/mol. The Bertz CT molecular complexity index is 989. The van der Waals surface area contributed by atoms with Gasteiger partial charge in [-0.1, -0.05) is 12.1 Å². The molecule has 2 aromatic carbocycles. The molecule has 2 aliphatic heterocycles. The number of aliphatic hydroxyl groups excluding tert-OH is 1. The first-order valence-electron chi connectivity index (χ1n) is 11.9.